The van der Waals surface area contributed by atoms with Gasteiger partial charge in [0.15, 0.2) is 0 Å². The van der Waals surface area contributed by atoms with E-state index in [1.54, 1.807) is 18.2 Å². The van der Waals surface area contributed by atoms with Crippen LogP contribution in [0.2, 0.25) is 0 Å². The number of aryl methyl sites for hydroxylation is 1. The molecule has 0 aliphatic rings. The van der Waals surface area contributed by atoms with Crippen molar-refractivity contribution in [3.8, 4) is 28.5 Å². The second kappa shape index (κ2) is 6.42. The molecule has 0 amide bonds. The first kappa shape index (κ1) is 16.1. The Balaban J connectivity index is 2.22. The molecule has 25 heavy (non-hydrogen) atoms. The Bertz CT molecular complexity index is 1060. The van der Waals surface area contributed by atoms with Gasteiger partial charge in [-0.2, -0.15) is 5.26 Å². The first-order chi connectivity index (χ1) is 12.0. The first-order valence-corrected chi connectivity index (χ1v) is 7.49. The Morgan fingerprint density at radius 3 is 2.44 bits per heavy atom. The summed E-state index contributed by atoms with van der Waals surface area (Å²) in [4.78, 5) is 25.4. The van der Waals surface area contributed by atoms with Crippen LogP contribution in [0.3, 0.4) is 0 Å². The van der Waals surface area contributed by atoms with E-state index in [0.717, 1.165) is 11.1 Å². The summed E-state index contributed by atoms with van der Waals surface area (Å²) in [6.07, 6.45) is 0. The van der Waals surface area contributed by atoms with Crippen LogP contribution in [0.25, 0.3) is 22.4 Å². The van der Waals surface area contributed by atoms with Crippen LogP contribution in [0.15, 0.2) is 59.4 Å². The number of nitrogens with one attached hydrogen (secondary N) is 1. The van der Waals surface area contributed by atoms with E-state index in [4.69, 9.17) is 0 Å². The van der Waals surface area contributed by atoms with Crippen molar-refractivity contribution in [3.05, 3.63) is 86.2 Å². The van der Waals surface area contributed by atoms with E-state index in [9.17, 15) is 20.2 Å². The lowest BCUT2D eigenvalue weighted by Crippen LogP contribution is -2.12. The van der Waals surface area contributed by atoms with Crippen LogP contribution in [0.5, 0.6) is 0 Å². The summed E-state index contributed by atoms with van der Waals surface area (Å²) >= 11 is 0. The Morgan fingerprint density at radius 1 is 1.08 bits per heavy atom. The van der Waals surface area contributed by atoms with E-state index >= 15 is 0 Å². The number of nitro benzene ring substituents is 1. The number of benzene rings is 2. The van der Waals surface area contributed by atoms with Gasteiger partial charge in [-0.1, -0.05) is 42.0 Å². The first-order valence-electron chi connectivity index (χ1n) is 7.49. The minimum Gasteiger partial charge on any atom is -0.321 e. The molecule has 0 bridgehead atoms. The normalized spacial score (nSPS) is 10.2. The topological polar surface area (TPSA) is 99.8 Å². The van der Waals surface area contributed by atoms with Crippen molar-refractivity contribution in [2.24, 2.45) is 0 Å². The molecule has 2 aromatic carbocycles. The summed E-state index contributed by atoms with van der Waals surface area (Å²) in [5, 5.41) is 20.3. The zero-order valence-corrected chi connectivity index (χ0v) is 13.3. The van der Waals surface area contributed by atoms with Crippen LogP contribution < -0.4 is 5.56 Å². The molecule has 3 aromatic rings. The van der Waals surface area contributed by atoms with Crippen molar-refractivity contribution < 1.29 is 4.92 Å². The lowest BCUT2D eigenvalue weighted by molar-refractivity contribution is -0.384. The van der Waals surface area contributed by atoms with E-state index in [2.05, 4.69) is 4.98 Å². The van der Waals surface area contributed by atoms with E-state index in [1.165, 1.54) is 12.1 Å². The molecule has 1 aromatic heterocycles. The monoisotopic (exact) mass is 331 g/mol. The average molecular weight is 331 g/mol. The highest BCUT2D eigenvalue weighted by Crippen LogP contribution is 2.28. The van der Waals surface area contributed by atoms with Gasteiger partial charge in [-0.3, -0.25) is 14.9 Å². The molecule has 0 saturated carbocycles. The fraction of sp³-hybridized carbons (Fsp3) is 0.0526. The molecule has 6 nitrogen and oxygen atoms in total. The highest BCUT2D eigenvalue weighted by atomic mass is 16.6. The second-order valence-electron chi connectivity index (χ2n) is 5.59. The third-order valence-electron chi connectivity index (χ3n) is 3.88. The molecular weight excluding hydrogens is 318 g/mol. The molecule has 0 fully saturated rings. The van der Waals surface area contributed by atoms with Gasteiger partial charge >= 0.3 is 0 Å². The molecule has 0 unspecified atom stereocenters. The number of non-ortho nitro benzene ring substituents is 1. The summed E-state index contributed by atoms with van der Waals surface area (Å²) in [7, 11) is 0. The molecule has 0 radical (unpaired) electrons. The van der Waals surface area contributed by atoms with Gasteiger partial charge in [0, 0.05) is 29.0 Å². The van der Waals surface area contributed by atoms with Crippen molar-refractivity contribution in [1.29, 1.82) is 5.26 Å². The van der Waals surface area contributed by atoms with Gasteiger partial charge in [-0.25, -0.2) is 0 Å². The third kappa shape index (κ3) is 3.16. The lowest BCUT2D eigenvalue weighted by Gasteiger charge is -2.08. The van der Waals surface area contributed by atoms with Crippen LogP contribution in [0.1, 0.15) is 11.1 Å². The number of pyridine rings is 1. The van der Waals surface area contributed by atoms with Gasteiger partial charge in [0.1, 0.15) is 11.6 Å². The minimum atomic E-state index is -0.526. The lowest BCUT2D eigenvalue weighted by atomic mass is 9.98. The van der Waals surface area contributed by atoms with Crippen molar-refractivity contribution >= 4 is 5.69 Å². The van der Waals surface area contributed by atoms with Gasteiger partial charge in [0.25, 0.3) is 11.2 Å². The van der Waals surface area contributed by atoms with E-state index in [0.29, 0.717) is 16.8 Å². The largest absolute Gasteiger partial charge is 0.321 e. The Morgan fingerprint density at radius 2 is 1.80 bits per heavy atom. The maximum atomic E-state index is 12.3. The predicted octanol–water partition coefficient (Wildman–Crippen LogP) is 3.80. The molecule has 3 rings (SSSR count). The zero-order valence-electron chi connectivity index (χ0n) is 13.3. The zero-order chi connectivity index (χ0) is 18.0. The quantitative estimate of drug-likeness (QED) is 0.583. The minimum absolute atomic E-state index is 0.0121. The number of aromatic nitrogens is 1. The molecule has 0 spiro atoms. The van der Waals surface area contributed by atoms with Crippen molar-refractivity contribution in [2.45, 2.75) is 6.92 Å². The molecule has 0 aliphatic carbocycles. The number of hydrogen-bond acceptors (Lipinski definition) is 4. The standard InChI is InChI=1S/C19H13N3O3/c1-12-5-7-13(8-6-12)16-10-18(21-19(23)17(16)11-20)14-3-2-4-15(9-14)22(24)25/h2-10H,1H3,(H,21,23). The van der Waals surface area contributed by atoms with Gasteiger partial charge in [0.2, 0.25) is 0 Å². The predicted molar refractivity (Wildman–Crippen MR) is 94.0 cm³/mol. The molecule has 6 heteroatoms. The van der Waals surface area contributed by atoms with Crippen LogP contribution in [0.4, 0.5) is 5.69 Å². The average Bonchev–Trinajstić information content (AvgIpc) is 2.62. The maximum absolute atomic E-state index is 12.3. The SMILES string of the molecule is Cc1ccc(-c2cc(-c3cccc([N+](=O)[O-])c3)[nH]c(=O)c2C#N)cc1. The fourth-order valence-corrected chi connectivity index (χ4v) is 2.57. The van der Waals surface area contributed by atoms with Crippen molar-refractivity contribution in [1.82, 2.24) is 4.98 Å². The second-order valence-corrected chi connectivity index (χ2v) is 5.59. The fourth-order valence-electron chi connectivity index (χ4n) is 2.57. The molecule has 122 valence electrons. The number of nitriles is 1. The Hall–Kier alpha value is -3.72. The summed E-state index contributed by atoms with van der Waals surface area (Å²) in [6, 6.07) is 17.0. The summed E-state index contributed by atoms with van der Waals surface area (Å²) < 4.78 is 0. The van der Waals surface area contributed by atoms with Gasteiger partial charge < -0.3 is 4.98 Å². The van der Waals surface area contributed by atoms with Crippen LogP contribution >= 0.6 is 0 Å². The van der Waals surface area contributed by atoms with Gasteiger partial charge in [0.05, 0.1) is 4.92 Å². The van der Waals surface area contributed by atoms with E-state index in [1.807, 2.05) is 37.3 Å². The third-order valence-corrected chi connectivity index (χ3v) is 3.88. The molecule has 1 N–H and O–H groups in total. The van der Waals surface area contributed by atoms with Crippen molar-refractivity contribution in [3.63, 3.8) is 0 Å². The number of hydrogen-bond donors (Lipinski definition) is 1. The Labute approximate surface area is 143 Å². The van der Waals surface area contributed by atoms with Gasteiger partial charge in [-0.15, -0.1) is 0 Å². The van der Waals surface area contributed by atoms with Gasteiger partial charge in [-0.05, 0) is 18.6 Å². The van der Waals surface area contributed by atoms with Crippen molar-refractivity contribution in [2.75, 3.05) is 0 Å². The molecule has 0 atom stereocenters. The number of H-pyrrole nitrogens is 1. The van der Waals surface area contributed by atoms with E-state index in [-0.39, 0.29) is 11.3 Å². The number of nitro groups is 1. The maximum Gasteiger partial charge on any atom is 0.270 e. The summed E-state index contributed by atoms with van der Waals surface area (Å²) in [5.74, 6) is 0. The highest BCUT2D eigenvalue weighted by molar-refractivity contribution is 5.75. The number of rotatable bonds is 3. The van der Waals surface area contributed by atoms with Crippen LogP contribution in [-0.2, 0) is 0 Å². The Kier molecular flexibility index (Phi) is 4.14. The molecular formula is C19H13N3O3. The number of aromatic amines is 1. The molecule has 0 saturated heterocycles. The molecule has 0 aliphatic heterocycles. The van der Waals surface area contributed by atoms with Crippen LogP contribution in [0, 0.1) is 28.4 Å². The highest BCUT2D eigenvalue weighted by Gasteiger charge is 2.14. The summed E-state index contributed by atoms with van der Waals surface area (Å²) in [6.45, 7) is 1.95. The smallest absolute Gasteiger partial charge is 0.270 e. The van der Waals surface area contributed by atoms with E-state index < -0.39 is 10.5 Å². The van der Waals surface area contributed by atoms with Crippen LogP contribution in [-0.4, -0.2) is 9.91 Å². The number of nitrogens with zero attached hydrogens (tertiary/aromatic N) is 2. The molecule has 1 heterocycles. The summed E-state index contributed by atoms with van der Waals surface area (Å²) in [5.41, 5.74) is 2.63.